The number of rotatable bonds is 5. The van der Waals surface area contributed by atoms with Crippen molar-refractivity contribution in [3.63, 3.8) is 0 Å². The number of pyridine rings is 2. The summed E-state index contributed by atoms with van der Waals surface area (Å²) in [5, 5.41) is 7.79. The maximum atomic E-state index is 16.3. The smallest absolute Gasteiger partial charge is 0.274 e. The molecule has 214 valence electrons. The van der Waals surface area contributed by atoms with E-state index in [2.05, 4.69) is 19.5 Å². The molecule has 0 N–H and O–H groups in total. The van der Waals surface area contributed by atoms with Crippen molar-refractivity contribution in [3.05, 3.63) is 86.2 Å². The van der Waals surface area contributed by atoms with Gasteiger partial charge in [0.1, 0.15) is 16.4 Å². The Balaban J connectivity index is 1.38. The fourth-order valence-electron chi connectivity index (χ4n) is 5.25. The standard InChI is InChI=1S/C28H27ClF2N6O3S/c1-15-13-32-26(17-5-4-6-21(24(17)30)35-41(39)9-7-40-8-10-41)25(31)27(15)37-16(2)11-20(23(29)28(37)38)18-12-19(18)22-14-33-36(3)34-22/h4-6,11,13-14,18-19H,7-10,12H2,1-3H3/t18-,19-/m0/s1/i3D3. The normalized spacial score (nSPS) is 21.1. The molecule has 0 radical (unpaired) electrons. The van der Waals surface area contributed by atoms with E-state index in [0.29, 0.717) is 33.7 Å². The van der Waals surface area contributed by atoms with E-state index in [1.165, 1.54) is 30.6 Å². The van der Waals surface area contributed by atoms with Crippen LogP contribution in [0.2, 0.25) is 5.02 Å². The zero-order valence-corrected chi connectivity index (χ0v) is 23.7. The predicted octanol–water partition coefficient (Wildman–Crippen LogP) is 4.98. The first-order valence-electron chi connectivity index (χ1n) is 14.4. The Kier molecular flexibility index (Phi) is 6.13. The first-order chi connectivity index (χ1) is 20.8. The highest BCUT2D eigenvalue weighted by molar-refractivity contribution is 7.93. The van der Waals surface area contributed by atoms with Gasteiger partial charge in [-0.2, -0.15) is 19.4 Å². The molecule has 3 aromatic heterocycles. The van der Waals surface area contributed by atoms with Gasteiger partial charge in [-0.15, -0.1) is 0 Å². The molecule has 2 fully saturated rings. The van der Waals surface area contributed by atoms with E-state index < -0.39 is 33.9 Å². The van der Waals surface area contributed by atoms with Crippen molar-refractivity contribution >= 4 is 27.0 Å². The number of hydrogen-bond donors (Lipinski definition) is 0. The van der Waals surface area contributed by atoms with E-state index in [-0.39, 0.29) is 64.2 Å². The van der Waals surface area contributed by atoms with Crippen LogP contribution in [0.3, 0.4) is 0 Å². The van der Waals surface area contributed by atoms with Crippen molar-refractivity contribution in [1.82, 2.24) is 24.5 Å². The fourth-order valence-corrected chi connectivity index (χ4v) is 7.17. The Morgan fingerprint density at radius 2 is 1.95 bits per heavy atom. The Labute approximate surface area is 244 Å². The summed E-state index contributed by atoms with van der Waals surface area (Å²) in [6, 6.07) is 5.88. The summed E-state index contributed by atoms with van der Waals surface area (Å²) >= 11 is 6.59. The van der Waals surface area contributed by atoms with Gasteiger partial charge in [0.05, 0.1) is 52.0 Å². The lowest BCUT2D eigenvalue weighted by Crippen LogP contribution is -2.25. The highest BCUT2D eigenvalue weighted by atomic mass is 35.5. The van der Waals surface area contributed by atoms with Crippen molar-refractivity contribution in [2.75, 3.05) is 24.7 Å². The van der Waals surface area contributed by atoms with E-state index in [1.807, 2.05) is 0 Å². The van der Waals surface area contributed by atoms with E-state index in [4.69, 9.17) is 20.5 Å². The van der Waals surface area contributed by atoms with Crippen LogP contribution in [0.4, 0.5) is 14.5 Å². The molecule has 6 rings (SSSR count). The molecule has 0 unspecified atom stereocenters. The van der Waals surface area contributed by atoms with Crippen LogP contribution >= 0.6 is 11.6 Å². The minimum Gasteiger partial charge on any atom is -0.379 e. The molecular formula is C28H27ClF2N6O3S. The van der Waals surface area contributed by atoms with Crippen molar-refractivity contribution in [3.8, 4) is 16.9 Å². The largest absolute Gasteiger partial charge is 0.379 e. The van der Waals surface area contributed by atoms with E-state index >= 15 is 8.78 Å². The number of aryl methyl sites for hydroxylation is 3. The average Bonchev–Trinajstić information content (AvgIpc) is 3.58. The van der Waals surface area contributed by atoms with E-state index in [1.54, 1.807) is 19.9 Å². The second kappa shape index (κ2) is 10.4. The maximum Gasteiger partial charge on any atom is 0.274 e. The first kappa shape index (κ1) is 24.2. The molecule has 2 atom stereocenters. The van der Waals surface area contributed by atoms with Crippen molar-refractivity contribution in [1.29, 1.82) is 0 Å². The molecule has 1 aliphatic heterocycles. The van der Waals surface area contributed by atoms with Crippen LogP contribution in [0.1, 0.15) is 44.9 Å². The molecule has 0 bridgehead atoms. The lowest BCUT2D eigenvalue weighted by molar-refractivity contribution is 0.158. The average molecular weight is 604 g/mol. The highest BCUT2D eigenvalue weighted by Gasteiger charge is 2.43. The number of ether oxygens (including phenoxy) is 1. The van der Waals surface area contributed by atoms with Crippen LogP contribution < -0.4 is 5.56 Å². The minimum atomic E-state index is -2.73. The number of nitrogens with zero attached hydrogens (tertiary/aromatic N) is 6. The number of benzene rings is 1. The zero-order chi connectivity index (χ0) is 31.6. The molecule has 1 aromatic carbocycles. The first-order valence-corrected chi connectivity index (χ1v) is 15.1. The van der Waals surface area contributed by atoms with Crippen LogP contribution in [-0.2, 0) is 21.4 Å². The Hall–Kier alpha value is -3.48. The molecule has 1 saturated carbocycles. The molecular weight excluding hydrogens is 574 g/mol. The number of halogens is 3. The Morgan fingerprint density at radius 1 is 1.17 bits per heavy atom. The van der Waals surface area contributed by atoms with Gasteiger partial charge in [0, 0.05) is 34.5 Å². The second-order valence-corrected chi connectivity index (χ2v) is 13.1. The van der Waals surface area contributed by atoms with Crippen LogP contribution in [0.5, 0.6) is 0 Å². The molecule has 9 nitrogen and oxygen atoms in total. The third-order valence-electron chi connectivity index (χ3n) is 7.43. The van der Waals surface area contributed by atoms with Crippen molar-refractivity contribution in [2.45, 2.75) is 32.1 Å². The van der Waals surface area contributed by atoms with Gasteiger partial charge in [-0.1, -0.05) is 17.7 Å². The zero-order valence-electron chi connectivity index (χ0n) is 25.1. The van der Waals surface area contributed by atoms with E-state index in [9.17, 15) is 9.00 Å². The second-order valence-electron chi connectivity index (χ2n) is 10.2. The molecule has 41 heavy (non-hydrogen) atoms. The van der Waals surface area contributed by atoms with E-state index in [0.717, 1.165) is 4.57 Å². The molecule has 13 heteroatoms. The quantitative estimate of drug-likeness (QED) is 0.319. The molecule has 4 heterocycles. The molecule has 0 amide bonds. The monoisotopic (exact) mass is 603 g/mol. The van der Waals surface area contributed by atoms with Gasteiger partial charge in [0.2, 0.25) is 0 Å². The summed E-state index contributed by atoms with van der Waals surface area (Å²) in [7, 11) is -2.73. The number of hydrogen-bond acceptors (Lipinski definition) is 7. The molecule has 1 saturated heterocycles. The van der Waals surface area contributed by atoms with Gasteiger partial charge in [0.15, 0.2) is 11.6 Å². The molecule has 4 aromatic rings. The van der Waals surface area contributed by atoms with Crippen LogP contribution in [0, 0.1) is 25.5 Å². The maximum absolute atomic E-state index is 16.3. The summed E-state index contributed by atoms with van der Waals surface area (Å²) in [6.45, 7) is 1.21. The minimum absolute atomic E-state index is 0.115. The summed E-state index contributed by atoms with van der Waals surface area (Å²) in [5.74, 6) is -1.86. The van der Waals surface area contributed by atoms with Crippen molar-refractivity contribution < 1.29 is 21.8 Å². The Bertz CT molecular complexity index is 1980. The third kappa shape index (κ3) is 4.98. The SMILES string of the molecule is [2H]C([2H])([2H])n1ncc([C@H]2C[C@@H]2c2cc(C)n(-c3c(C)cnc(-c4cccc(N=S5(=O)CCOCC5)c4F)c3F)c(=O)c2Cl)n1. The van der Waals surface area contributed by atoms with Gasteiger partial charge < -0.3 is 4.74 Å². The Morgan fingerprint density at radius 3 is 2.68 bits per heavy atom. The van der Waals surface area contributed by atoms with Gasteiger partial charge >= 0.3 is 0 Å². The molecule has 1 aliphatic carbocycles. The fraction of sp³-hybridized carbons (Fsp3) is 0.357. The van der Waals surface area contributed by atoms with Crippen LogP contribution in [0.25, 0.3) is 16.9 Å². The van der Waals surface area contributed by atoms with Gasteiger partial charge in [0.25, 0.3) is 5.56 Å². The summed E-state index contributed by atoms with van der Waals surface area (Å²) in [4.78, 5) is 18.5. The van der Waals surface area contributed by atoms with Crippen LogP contribution in [0.15, 0.2) is 45.8 Å². The van der Waals surface area contributed by atoms with Crippen molar-refractivity contribution in [2.24, 2.45) is 11.3 Å². The van der Waals surface area contributed by atoms with Crippen LogP contribution in [-0.4, -0.2) is 53.5 Å². The topological polar surface area (TPSA) is 104 Å². The third-order valence-corrected chi connectivity index (χ3v) is 9.95. The van der Waals surface area contributed by atoms with Gasteiger partial charge in [-0.3, -0.25) is 14.3 Å². The lowest BCUT2D eigenvalue weighted by Gasteiger charge is -2.18. The van der Waals surface area contributed by atoms with Gasteiger partial charge in [-0.25, -0.2) is 13.0 Å². The van der Waals surface area contributed by atoms with Gasteiger partial charge in [-0.05, 0) is 55.5 Å². The summed E-state index contributed by atoms with van der Waals surface area (Å²) in [5.41, 5.74) is 0.206. The lowest BCUT2D eigenvalue weighted by atomic mass is 10.1. The molecule has 2 aliphatic rings. The number of aromatic nitrogens is 5. The highest BCUT2D eigenvalue weighted by Crippen LogP contribution is 2.55. The molecule has 0 spiro atoms. The predicted molar refractivity (Wildman–Crippen MR) is 152 cm³/mol. The summed E-state index contributed by atoms with van der Waals surface area (Å²) in [6.07, 6.45) is 3.31. The summed E-state index contributed by atoms with van der Waals surface area (Å²) < 4.78 is 78.1.